The monoisotopic (exact) mass is 269 g/mol. The Hall–Kier alpha value is -0.520. The highest BCUT2D eigenvalue weighted by Crippen LogP contribution is 2.31. The van der Waals surface area contributed by atoms with Crippen LogP contribution < -0.4 is 5.32 Å². The van der Waals surface area contributed by atoms with Crippen molar-refractivity contribution in [1.29, 1.82) is 0 Å². The molecule has 1 unspecified atom stereocenters. The van der Waals surface area contributed by atoms with Gasteiger partial charge in [0.25, 0.3) is 0 Å². The van der Waals surface area contributed by atoms with Crippen LogP contribution in [0.15, 0.2) is 16.6 Å². The molecule has 0 amide bonds. The zero-order valence-corrected chi connectivity index (χ0v) is 12.4. The quantitative estimate of drug-likeness (QED) is 0.845. The first kappa shape index (κ1) is 12.9. The predicted molar refractivity (Wildman–Crippen MR) is 76.0 cm³/mol. The molecule has 94 valence electrons. The van der Waals surface area contributed by atoms with Crippen LogP contribution in [0.2, 0.25) is 0 Å². The van der Waals surface area contributed by atoms with Gasteiger partial charge in [-0.25, -0.2) is 4.98 Å². The van der Waals surface area contributed by atoms with Gasteiger partial charge in [-0.3, -0.25) is 4.40 Å². The summed E-state index contributed by atoms with van der Waals surface area (Å²) in [6.07, 6.45) is 2.10. The topological polar surface area (TPSA) is 29.3 Å². The van der Waals surface area contributed by atoms with E-state index in [1.165, 1.54) is 10.7 Å². The van der Waals surface area contributed by atoms with Gasteiger partial charge in [-0.2, -0.15) is 0 Å². The van der Waals surface area contributed by atoms with E-state index in [1.54, 1.807) is 11.3 Å². The maximum Gasteiger partial charge on any atom is 0.194 e. The highest BCUT2D eigenvalue weighted by Gasteiger charge is 2.17. The van der Waals surface area contributed by atoms with Crippen molar-refractivity contribution in [2.75, 3.05) is 7.05 Å². The molecule has 0 saturated heterocycles. The fraction of sp³-hybridized carbons (Fsp3) is 0.583. The molecule has 2 rings (SSSR count). The Bertz CT molecular complexity index is 487. The third kappa shape index (κ3) is 2.67. The van der Waals surface area contributed by atoms with E-state index in [4.69, 9.17) is 4.98 Å². The van der Waals surface area contributed by atoms with E-state index in [2.05, 4.69) is 42.1 Å². The summed E-state index contributed by atoms with van der Waals surface area (Å²) in [5.74, 6) is 0.669. The first-order valence-corrected chi connectivity index (χ1v) is 7.65. The first-order chi connectivity index (χ1) is 8.13. The van der Waals surface area contributed by atoms with Crippen LogP contribution in [0.3, 0.4) is 0 Å². The van der Waals surface area contributed by atoms with Gasteiger partial charge in [0, 0.05) is 23.4 Å². The average Bonchev–Trinajstić information content (AvgIpc) is 2.82. The van der Waals surface area contributed by atoms with Crippen molar-refractivity contribution in [3.63, 3.8) is 0 Å². The second kappa shape index (κ2) is 5.42. The number of thioether (sulfide) groups is 1. The number of nitrogens with zero attached hydrogens (tertiary/aromatic N) is 2. The molecular formula is C12H19N3S2. The molecule has 5 heteroatoms. The summed E-state index contributed by atoms with van der Waals surface area (Å²) in [7, 11) is 1.98. The smallest absolute Gasteiger partial charge is 0.194 e. The van der Waals surface area contributed by atoms with Crippen molar-refractivity contribution >= 4 is 28.1 Å². The summed E-state index contributed by atoms with van der Waals surface area (Å²) >= 11 is 3.58. The van der Waals surface area contributed by atoms with Crippen molar-refractivity contribution in [3.05, 3.63) is 17.3 Å². The van der Waals surface area contributed by atoms with Gasteiger partial charge in [0.05, 0.1) is 5.69 Å². The van der Waals surface area contributed by atoms with Crippen LogP contribution in [0.25, 0.3) is 4.96 Å². The predicted octanol–water partition coefficient (Wildman–Crippen LogP) is 3.25. The minimum atomic E-state index is 0.593. The number of hydrogen-bond acceptors (Lipinski definition) is 4. The maximum absolute atomic E-state index is 4.72. The van der Waals surface area contributed by atoms with Crippen molar-refractivity contribution in [2.45, 2.75) is 37.6 Å². The van der Waals surface area contributed by atoms with Crippen LogP contribution in [0.1, 0.15) is 26.5 Å². The Balaban J connectivity index is 2.31. The standard InChI is InChI=1S/C12H19N3S2/c1-8(2)9(3)17-11-10(7-13-4)15-5-6-16-12(15)14-11/h5-6,8-9,13H,7H2,1-4H3. The van der Waals surface area contributed by atoms with Gasteiger partial charge in [-0.05, 0) is 13.0 Å². The summed E-state index contributed by atoms with van der Waals surface area (Å²) in [5, 5.41) is 7.08. The fourth-order valence-corrected chi connectivity index (χ4v) is 3.41. The molecule has 17 heavy (non-hydrogen) atoms. The zero-order chi connectivity index (χ0) is 12.4. The Morgan fingerprint density at radius 3 is 2.88 bits per heavy atom. The van der Waals surface area contributed by atoms with Gasteiger partial charge in [-0.1, -0.05) is 20.8 Å². The van der Waals surface area contributed by atoms with E-state index in [-0.39, 0.29) is 0 Å². The SMILES string of the molecule is CNCc1c(SC(C)C(C)C)nc2sccn12. The highest BCUT2D eigenvalue weighted by molar-refractivity contribution is 7.99. The lowest BCUT2D eigenvalue weighted by Gasteiger charge is -2.14. The van der Waals surface area contributed by atoms with E-state index < -0.39 is 0 Å². The molecule has 3 nitrogen and oxygen atoms in total. The molecular weight excluding hydrogens is 250 g/mol. The van der Waals surface area contributed by atoms with Crippen LogP contribution in [0.5, 0.6) is 0 Å². The summed E-state index contributed by atoms with van der Waals surface area (Å²) in [6.45, 7) is 7.65. The molecule has 0 aliphatic heterocycles. The van der Waals surface area contributed by atoms with E-state index >= 15 is 0 Å². The van der Waals surface area contributed by atoms with Crippen molar-refractivity contribution in [3.8, 4) is 0 Å². The molecule has 1 N–H and O–H groups in total. The summed E-state index contributed by atoms with van der Waals surface area (Å²) in [5.41, 5.74) is 1.28. The number of aromatic nitrogens is 2. The Morgan fingerprint density at radius 1 is 1.47 bits per heavy atom. The first-order valence-electron chi connectivity index (χ1n) is 5.89. The van der Waals surface area contributed by atoms with Gasteiger partial charge >= 0.3 is 0 Å². The molecule has 0 aliphatic rings. The third-order valence-electron chi connectivity index (χ3n) is 2.90. The zero-order valence-electron chi connectivity index (χ0n) is 10.7. The average molecular weight is 269 g/mol. The van der Waals surface area contributed by atoms with Crippen LogP contribution in [-0.2, 0) is 6.54 Å². The number of imidazole rings is 1. The minimum Gasteiger partial charge on any atom is -0.314 e. The summed E-state index contributed by atoms with van der Waals surface area (Å²) in [4.78, 5) is 5.81. The van der Waals surface area contributed by atoms with Crippen LogP contribution in [-0.4, -0.2) is 21.7 Å². The number of hydrogen-bond donors (Lipinski definition) is 1. The van der Waals surface area contributed by atoms with Gasteiger partial charge < -0.3 is 5.32 Å². The Morgan fingerprint density at radius 2 is 2.24 bits per heavy atom. The van der Waals surface area contributed by atoms with Gasteiger partial charge in [-0.15, -0.1) is 23.1 Å². The number of thiazole rings is 1. The molecule has 0 spiro atoms. The number of rotatable bonds is 5. The molecule has 0 aliphatic carbocycles. The second-order valence-corrected chi connectivity index (χ2v) is 6.76. The van der Waals surface area contributed by atoms with E-state index in [9.17, 15) is 0 Å². The lowest BCUT2D eigenvalue weighted by molar-refractivity contribution is 0.641. The largest absolute Gasteiger partial charge is 0.314 e. The fourth-order valence-electron chi connectivity index (χ4n) is 1.55. The van der Waals surface area contributed by atoms with Crippen molar-refractivity contribution in [2.24, 2.45) is 5.92 Å². The Labute approximate surface area is 111 Å². The molecule has 0 aromatic carbocycles. The highest BCUT2D eigenvalue weighted by atomic mass is 32.2. The third-order valence-corrected chi connectivity index (χ3v) is 5.13. The molecule has 0 saturated carbocycles. The lowest BCUT2D eigenvalue weighted by atomic mass is 10.2. The minimum absolute atomic E-state index is 0.593. The summed E-state index contributed by atoms with van der Waals surface area (Å²) in [6, 6.07) is 0. The van der Waals surface area contributed by atoms with Gasteiger partial charge in [0.15, 0.2) is 4.96 Å². The van der Waals surface area contributed by atoms with Gasteiger partial charge in [0.2, 0.25) is 0 Å². The van der Waals surface area contributed by atoms with Crippen LogP contribution >= 0.6 is 23.1 Å². The van der Waals surface area contributed by atoms with E-state index in [0.717, 1.165) is 11.5 Å². The van der Waals surface area contributed by atoms with Crippen LogP contribution in [0, 0.1) is 5.92 Å². The molecule has 2 aromatic heterocycles. The molecule has 0 fully saturated rings. The normalized spacial score (nSPS) is 13.7. The maximum atomic E-state index is 4.72. The van der Waals surface area contributed by atoms with E-state index in [1.807, 2.05) is 18.8 Å². The van der Waals surface area contributed by atoms with Crippen LogP contribution in [0.4, 0.5) is 0 Å². The van der Waals surface area contributed by atoms with E-state index in [0.29, 0.717) is 11.2 Å². The molecule has 2 aromatic rings. The molecule has 1 atom stereocenters. The number of nitrogens with one attached hydrogen (secondary N) is 1. The second-order valence-electron chi connectivity index (χ2n) is 4.52. The van der Waals surface area contributed by atoms with Gasteiger partial charge in [0.1, 0.15) is 5.03 Å². The Kier molecular flexibility index (Phi) is 4.12. The molecule has 0 radical (unpaired) electrons. The summed E-state index contributed by atoms with van der Waals surface area (Å²) < 4.78 is 2.19. The van der Waals surface area contributed by atoms with Crippen molar-refractivity contribution in [1.82, 2.24) is 14.7 Å². The number of fused-ring (bicyclic) bond motifs is 1. The molecule has 2 heterocycles. The lowest BCUT2D eigenvalue weighted by Crippen LogP contribution is -2.10. The van der Waals surface area contributed by atoms with Crippen molar-refractivity contribution < 1.29 is 0 Å². The molecule has 0 bridgehead atoms.